The summed E-state index contributed by atoms with van der Waals surface area (Å²) in [6, 6.07) is 6.14. The van der Waals surface area contributed by atoms with Crippen LogP contribution in [0.1, 0.15) is 13.3 Å². The maximum atomic E-state index is 2.18. The molecule has 0 spiro atoms. The summed E-state index contributed by atoms with van der Waals surface area (Å²) in [7, 11) is 0. The third kappa shape index (κ3) is 2.58. The first-order valence-corrected chi connectivity index (χ1v) is 3.37. The fraction of sp³-hybridized carbons (Fsp3) is 0.375. The lowest BCUT2D eigenvalue weighted by molar-refractivity contribution is -0.697. The standard InChI is InChI=1S/C8H12N.FH/c1-2-6-9-7-4-3-5-8-9;/h3-5,7-8H,2,6H2,1H3;1H/q+1;/p-1. The highest BCUT2D eigenvalue weighted by Crippen LogP contribution is 1.78. The molecule has 0 bridgehead atoms. The lowest BCUT2D eigenvalue weighted by Gasteiger charge is -1.88. The Balaban J connectivity index is 0.000000810. The van der Waals surface area contributed by atoms with Crippen LogP contribution in [0.4, 0.5) is 0 Å². The summed E-state index contributed by atoms with van der Waals surface area (Å²) >= 11 is 0. The molecule has 0 fully saturated rings. The Hall–Kier alpha value is -0.920. The predicted molar refractivity (Wildman–Crippen MR) is 36.9 cm³/mol. The van der Waals surface area contributed by atoms with Gasteiger partial charge in [-0.1, -0.05) is 13.0 Å². The number of pyridine rings is 1. The van der Waals surface area contributed by atoms with Crippen LogP contribution < -0.4 is 9.27 Å². The second-order valence-corrected chi connectivity index (χ2v) is 2.11. The second-order valence-electron chi connectivity index (χ2n) is 2.11. The molecule has 0 aliphatic carbocycles. The minimum absolute atomic E-state index is 0. The molecule has 0 saturated carbocycles. The van der Waals surface area contributed by atoms with Gasteiger partial charge in [0, 0.05) is 18.6 Å². The topological polar surface area (TPSA) is 3.88 Å². The number of nitrogens with zero attached hydrogens (tertiary/aromatic N) is 1. The van der Waals surface area contributed by atoms with Gasteiger partial charge in [0.1, 0.15) is 6.54 Å². The van der Waals surface area contributed by atoms with Gasteiger partial charge in [-0.05, 0) is 0 Å². The Morgan fingerprint density at radius 1 is 1.10 bits per heavy atom. The quantitative estimate of drug-likeness (QED) is 0.436. The van der Waals surface area contributed by atoms with Crippen LogP contribution in [-0.4, -0.2) is 0 Å². The highest BCUT2D eigenvalue weighted by molar-refractivity contribution is 4.83. The smallest absolute Gasteiger partial charge is 0.168 e. The van der Waals surface area contributed by atoms with E-state index in [9.17, 15) is 0 Å². The summed E-state index contributed by atoms with van der Waals surface area (Å²) in [6.45, 7) is 3.31. The zero-order valence-corrected chi connectivity index (χ0v) is 6.13. The molecule has 1 rings (SSSR count). The number of hydrogen-bond acceptors (Lipinski definition) is 0. The van der Waals surface area contributed by atoms with Gasteiger partial charge in [-0.3, -0.25) is 0 Å². The number of rotatable bonds is 2. The SMILES string of the molecule is CCC[n+]1ccccc1.[F-]. The van der Waals surface area contributed by atoms with E-state index in [0.29, 0.717) is 0 Å². The highest BCUT2D eigenvalue weighted by atomic mass is 19.0. The molecule has 0 amide bonds. The van der Waals surface area contributed by atoms with E-state index in [1.54, 1.807) is 0 Å². The van der Waals surface area contributed by atoms with Crippen LogP contribution in [0.15, 0.2) is 30.6 Å². The molecule has 56 valence electrons. The maximum Gasteiger partial charge on any atom is 0.168 e. The molecule has 0 N–H and O–H groups in total. The van der Waals surface area contributed by atoms with Crippen molar-refractivity contribution in [1.82, 2.24) is 0 Å². The minimum Gasteiger partial charge on any atom is -1.00 e. The van der Waals surface area contributed by atoms with Crippen LogP contribution in [0.25, 0.3) is 0 Å². The summed E-state index contributed by atoms with van der Waals surface area (Å²) in [5.74, 6) is 0. The summed E-state index contributed by atoms with van der Waals surface area (Å²) in [5, 5.41) is 0. The van der Waals surface area contributed by atoms with E-state index < -0.39 is 0 Å². The first-order valence-electron chi connectivity index (χ1n) is 3.37. The first kappa shape index (κ1) is 9.08. The average Bonchev–Trinajstić information content (AvgIpc) is 1.91. The Bertz CT molecular complexity index is 162. The fourth-order valence-electron chi connectivity index (χ4n) is 0.842. The first-order chi connectivity index (χ1) is 4.43. The maximum absolute atomic E-state index is 2.18. The number of hydrogen-bond donors (Lipinski definition) is 0. The van der Waals surface area contributed by atoms with Gasteiger partial charge in [-0.2, -0.15) is 0 Å². The molecule has 1 nitrogen and oxygen atoms in total. The third-order valence-electron chi connectivity index (χ3n) is 1.26. The largest absolute Gasteiger partial charge is 1.00 e. The van der Waals surface area contributed by atoms with Crippen LogP contribution in [0, 0.1) is 0 Å². The molecule has 1 heterocycles. The van der Waals surface area contributed by atoms with Gasteiger partial charge >= 0.3 is 0 Å². The van der Waals surface area contributed by atoms with Crippen LogP contribution in [0.5, 0.6) is 0 Å². The van der Waals surface area contributed by atoms with Crippen LogP contribution >= 0.6 is 0 Å². The molecule has 2 heteroatoms. The summed E-state index contributed by atoms with van der Waals surface area (Å²) in [5.41, 5.74) is 0. The molecule has 0 atom stereocenters. The molecule has 10 heavy (non-hydrogen) atoms. The number of aryl methyl sites for hydroxylation is 1. The van der Waals surface area contributed by atoms with Crippen LogP contribution in [0.3, 0.4) is 0 Å². The molecule has 0 aromatic carbocycles. The van der Waals surface area contributed by atoms with Crippen molar-refractivity contribution < 1.29 is 9.27 Å². The monoisotopic (exact) mass is 141 g/mol. The van der Waals surface area contributed by atoms with Crippen molar-refractivity contribution in [3.63, 3.8) is 0 Å². The van der Waals surface area contributed by atoms with E-state index in [4.69, 9.17) is 0 Å². The Morgan fingerprint density at radius 2 is 1.70 bits per heavy atom. The number of halogens is 1. The highest BCUT2D eigenvalue weighted by Gasteiger charge is 1.90. The van der Waals surface area contributed by atoms with Crippen LogP contribution in [-0.2, 0) is 6.54 Å². The van der Waals surface area contributed by atoms with Crippen molar-refractivity contribution in [3.05, 3.63) is 30.6 Å². The lowest BCUT2D eigenvalue weighted by atomic mass is 10.4. The van der Waals surface area contributed by atoms with Gasteiger partial charge in [-0.15, -0.1) is 0 Å². The minimum atomic E-state index is 0. The molecule has 0 radical (unpaired) electrons. The Morgan fingerprint density at radius 3 is 2.20 bits per heavy atom. The predicted octanol–water partition coefficient (Wildman–Crippen LogP) is -1.61. The summed E-state index contributed by atoms with van der Waals surface area (Å²) in [6.07, 6.45) is 5.38. The Kier molecular flexibility index (Phi) is 4.46. The van der Waals surface area contributed by atoms with Crippen molar-refractivity contribution >= 4 is 0 Å². The van der Waals surface area contributed by atoms with E-state index in [-0.39, 0.29) is 4.70 Å². The van der Waals surface area contributed by atoms with Gasteiger partial charge in [0.2, 0.25) is 0 Å². The molecule has 0 unspecified atom stereocenters. The van der Waals surface area contributed by atoms with Crippen molar-refractivity contribution in [1.29, 1.82) is 0 Å². The molecule has 0 aliphatic rings. The van der Waals surface area contributed by atoms with E-state index in [1.165, 1.54) is 6.42 Å². The zero-order chi connectivity index (χ0) is 6.53. The molecular formula is C8H12FN. The van der Waals surface area contributed by atoms with E-state index in [2.05, 4.69) is 36.0 Å². The molecular weight excluding hydrogens is 129 g/mol. The van der Waals surface area contributed by atoms with Gasteiger partial charge < -0.3 is 4.70 Å². The number of aromatic nitrogens is 1. The molecule has 0 aliphatic heterocycles. The zero-order valence-electron chi connectivity index (χ0n) is 6.13. The van der Waals surface area contributed by atoms with Gasteiger partial charge in [-0.25, -0.2) is 4.57 Å². The van der Waals surface area contributed by atoms with Gasteiger partial charge in [0.25, 0.3) is 0 Å². The fourth-order valence-corrected chi connectivity index (χ4v) is 0.842. The van der Waals surface area contributed by atoms with Crippen molar-refractivity contribution in [2.24, 2.45) is 0 Å². The normalized spacial score (nSPS) is 8.50. The Labute approximate surface area is 60.7 Å². The van der Waals surface area contributed by atoms with Gasteiger partial charge in [0.15, 0.2) is 12.4 Å². The van der Waals surface area contributed by atoms with Crippen molar-refractivity contribution in [3.8, 4) is 0 Å². The van der Waals surface area contributed by atoms with E-state index in [0.717, 1.165) is 6.54 Å². The molecule has 0 saturated heterocycles. The third-order valence-corrected chi connectivity index (χ3v) is 1.26. The van der Waals surface area contributed by atoms with Crippen molar-refractivity contribution in [2.75, 3.05) is 0 Å². The van der Waals surface area contributed by atoms with Gasteiger partial charge in [0.05, 0.1) is 0 Å². The summed E-state index contributed by atoms with van der Waals surface area (Å²) < 4.78 is 2.18. The van der Waals surface area contributed by atoms with E-state index in [1.807, 2.05) is 6.07 Å². The van der Waals surface area contributed by atoms with Crippen LogP contribution in [0.2, 0.25) is 0 Å². The average molecular weight is 141 g/mol. The van der Waals surface area contributed by atoms with Crippen molar-refractivity contribution in [2.45, 2.75) is 19.9 Å². The lowest BCUT2D eigenvalue weighted by Crippen LogP contribution is -3.00. The van der Waals surface area contributed by atoms with E-state index >= 15 is 0 Å². The molecule has 1 aromatic rings. The summed E-state index contributed by atoms with van der Waals surface area (Å²) in [4.78, 5) is 0. The second kappa shape index (κ2) is 4.91. The molecule has 1 aromatic heterocycles.